The lowest BCUT2D eigenvalue weighted by Crippen LogP contribution is -2.49. The van der Waals surface area contributed by atoms with Gasteiger partial charge >= 0.3 is 0 Å². The maximum atomic E-state index is 12.9. The Kier molecular flexibility index (Phi) is 3.97. The van der Waals surface area contributed by atoms with Gasteiger partial charge in [0, 0.05) is 31.0 Å². The maximum absolute atomic E-state index is 12.9. The lowest BCUT2D eigenvalue weighted by Gasteiger charge is -2.37. The van der Waals surface area contributed by atoms with Crippen molar-refractivity contribution in [3.8, 4) is 11.4 Å². The molecule has 1 amide bonds. The third kappa shape index (κ3) is 3.26. The van der Waals surface area contributed by atoms with Gasteiger partial charge in [0.25, 0.3) is 0 Å². The number of benzene rings is 1. The molecule has 0 radical (unpaired) electrons. The number of aromatic nitrogens is 3. The van der Waals surface area contributed by atoms with Crippen molar-refractivity contribution in [2.24, 2.45) is 0 Å². The van der Waals surface area contributed by atoms with E-state index in [0.717, 1.165) is 11.1 Å². The summed E-state index contributed by atoms with van der Waals surface area (Å²) in [7, 11) is 0. The third-order valence-electron chi connectivity index (χ3n) is 4.21. The Bertz CT molecular complexity index is 874. The van der Waals surface area contributed by atoms with Gasteiger partial charge in [-0.15, -0.1) is 0 Å². The summed E-state index contributed by atoms with van der Waals surface area (Å²) >= 11 is 0. The molecule has 1 saturated heterocycles. The van der Waals surface area contributed by atoms with Gasteiger partial charge in [0.1, 0.15) is 5.82 Å². The average molecular weight is 338 g/mol. The molecular formula is C18H15FN4O2. The number of pyridine rings is 1. The van der Waals surface area contributed by atoms with Gasteiger partial charge < -0.3 is 9.42 Å². The first-order valence-electron chi connectivity index (χ1n) is 7.95. The minimum absolute atomic E-state index is 0.00913. The number of carbonyl (C=O) groups is 1. The minimum atomic E-state index is -0.305. The van der Waals surface area contributed by atoms with Gasteiger partial charge in [-0.3, -0.25) is 9.78 Å². The summed E-state index contributed by atoms with van der Waals surface area (Å²) in [6, 6.07) is 9.65. The van der Waals surface area contributed by atoms with Crippen molar-refractivity contribution in [1.29, 1.82) is 0 Å². The van der Waals surface area contributed by atoms with Crippen LogP contribution in [-0.4, -0.2) is 39.0 Å². The zero-order valence-corrected chi connectivity index (χ0v) is 13.3. The van der Waals surface area contributed by atoms with Crippen molar-refractivity contribution >= 4 is 5.91 Å². The average Bonchev–Trinajstić information content (AvgIpc) is 3.06. The summed E-state index contributed by atoms with van der Waals surface area (Å²) in [5.74, 6) is 0.787. The highest BCUT2D eigenvalue weighted by Gasteiger charge is 2.35. The van der Waals surface area contributed by atoms with Crippen LogP contribution in [0.3, 0.4) is 0 Å². The molecule has 1 fully saturated rings. The number of rotatable bonds is 4. The number of hydrogen-bond acceptors (Lipinski definition) is 5. The van der Waals surface area contributed by atoms with Crippen molar-refractivity contribution in [3.63, 3.8) is 0 Å². The molecule has 0 saturated carbocycles. The van der Waals surface area contributed by atoms with Crippen LogP contribution < -0.4 is 0 Å². The van der Waals surface area contributed by atoms with Gasteiger partial charge in [-0.25, -0.2) is 4.39 Å². The minimum Gasteiger partial charge on any atom is -0.341 e. The van der Waals surface area contributed by atoms with E-state index >= 15 is 0 Å². The van der Waals surface area contributed by atoms with Crippen molar-refractivity contribution in [1.82, 2.24) is 20.0 Å². The molecule has 0 spiro atoms. The highest BCUT2D eigenvalue weighted by molar-refractivity contribution is 5.79. The fourth-order valence-corrected chi connectivity index (χ4v) is 2.74. The molecule has 0 atom stereocenters. The molecule has 2 aromatic heterocycles. The number of likely N-dealkylation sites (tertiary alicyclic amines) is 1. The largest absolute Gasteiger partial charge is 0.341 e. The number of halogens is 1. The van der Waals surface area contributed by atoms with Crippen LogP contribution in [0.2, 0.25) is 0 Å². The highest BCUT2D eigenvalue weighted by Crippen LogP contribution is 2.28. The summed E-state index contributed by atoms with van der Waals surface area (Å²) in [5, 5.41) is 3.97. The molecule has 25 heavy (non-hydrogen) atoms. The van der Waals surface area contributed by atoms with Crippen LogP contribution in [0.4, 0.5) is 4.39 Å². The van der Waals surface area contributed by atoms with Crippen molar-refractivity contribution in [3.05, 3.63) is 66.1 Å². The monoisotopic (exact) mass is 338 g/mol. The SMILES string of the molecule is O=C(Cc1ccc(F)cc1)N1CC(c2nc(-c3cccnc3)no2)C1. The molecule has 126 valence electrons. The van der Waals surface area contributed by atoms with Crippen LogP contribution >= 0.6 is 0 Å². The van der Waals surface area contributed by atoms with E-state index in [-0.39, 0.29) is 24.1 Å². The molecule has 4 rings (SSSR count). The lowest BCUT2D eigenvalue weighted by molar-refractivity contribution is -0.135. The topological polar surface area (TPSA) is 72.1 Å². The summed E-state index contributed by atoms with van der Waals surface area (Å²) in [6.07, 6.45) is 3.62. The lowest BCUT2D eigenvalue weighted by atomic mass is 9.99. The first-order valence-corrected chi connectivity index (χ1v) is 7.95. The summed E-state index contributed by atoms with van der Waals surface area (Å²) in [4.78, 5) is 22.4. The van der Waals surface area contributed by atoms with Gasteiger partial charge in [-0.1, -0.05) is 17.3 Å². The van der Waals surface area contributed by atoms with E-state index in [2.05, 4.69) is 15.1 Å². The van der Waals surface area contributed by atoms with E-state index in [9.17, 15) is 9.18 Å². The van der Waals surface area contributed by atoms with Gasteiger partial charge in [0.2, 0.25) is 17.6 Å². The van der Waals surface area contributed by atoms with Crippen LogP contribution in [0.1, 0.15) is 17.4 Å². The standard InChI is InChI=1S/C18H15FN4O2/c19-15-5-3-12(4-6-15)8-16(24)23-10-14(11-23)18-21-17(22-25-18)13-2-1-7-20-9-13/h1-7,9,14H,8,10-11H2. The highest BCUT2D eigenvalue weighted by atomic mass is 19.1. The van der Waals surface area contributed by atoms with E-state index < -0.39 is 0 Å². The van der Waals surface area contributed by atoms with Crippen LogP contribution in [0, 0.1) is 5.82 Å². The van der Waals surface area contributed by atoms with E-state index in [0.29, 0.717) is 24.8 Å². The normalized spacial score (nSPS) is 14.4. The van der Waals surface area contributed by atoms with E-state index in [4.69, 9.17) is 4.52 Å². The quantitative estimate of drug-likeness (QED) is 0.731. The molecule has 0 aliphatic carbocycles. The van der Waals surface area contributed by atoms with Gasteiger partial charge in [-0.2, -0.15) is 4.98 Å². The molecule has 0 N–H and O–H groups in total. The van der Waals surface area contributed by atoms with Gasteiger partial charge in [0.15, 0.2) is 0 Å². The second-order valence-corrected chi connectivity index (χ2v) is 6.00. The summed E-state index contributed by atoms with van der Waals surface area (Å²) in [5.41, 5.74) is 1.59. The number of nitrogens with zero attached hydrogens (tertiary/aromatic N) is 4. The smallest absolute Gasteiger partial charge is 0.233 e. The maximum Gasteiger partial charge on any atom is 0.233 e. The van der Waals surface area contributed by atoms with E-state index in [1.807, 2.05) is 12.1 Å². The van der Waals surface area contributed by atoms with Crippen molar-refractivity contribution in [2.75, 3.05) is 13.1 Å². The molecule has 1 aliphatic rings. The molecule has 1 aliphatic heterocycles. The molecule has 1 aromatic carbocycles. The first-order chi connectivity index (χ1) is 12.2. The first kappa shape index (κ1) is 15.4. The Labute approximate surface area is 143 Å². The summed E-state index contributed by atoms with van der Waals surface area (Å²) < 4.78 is 18.2. The Morgan fingerprint density at radius 1 is 1.24 bits per heavy atom. The zero-order valence-electron chi connectivity index (χ0n) is 13.3. The van der Waals surface area contributed by atoms with Crippen LogP contribution in [0.15, 0.2) is 53.3 Å². The number of carbonyl (C=O) groups excluding carboxylic acids is 1. The molecule has 3 heterocycles. The predicted molar refractivity (Wildman–Crippen MR) is 87.0 cm³/mol. The zero-order chi connectivity index (χ0) is 17.2. The Morgan fingerprint density at radius 3 is 2.76 bits per heavy atom. The molecule has 0 bridgehead atoms. The van der Waals surface area contributed by atoms with E-state index in [1.54, 1.807) is 29.4 Å². The fraction of sp³-hybridized carbons (Fsp3) is 0.222. The predicted octanol–water partition coefficient (Wildman–Crippen LogP) is 2.44. The van der Waals surface area contributed by atoms with Crippen molar-refractivity contribution in [2.45, 2.75) is 12.3 Å². The second kappa shape index (κ2) is 6.43. The molecule has 3 aromatic rings. The molecule has 0 unspecified atom stereocenters. The fourth-order valence-electron chi connectivity index (χ4n) is 2.74. The molecule has 7 heteroatoms. The van der Waals surface area contributed by atoms with Crippen LogP contribution in [0.25, 0.3) is 11.4 Å². The van der Waals surface area contributed by atoms with Crippen LogP contribution in [0.5, 0.6) is 0 Å². The van der Waals surface area contributed by atoms with Gasteiger partial charge in [-0.05, 0) is 29.8 Å². The number of amides is 1. The third-order valence-corrected chi connectivity index (χ3v) is 4.21. The Morgan fingerprint density at radius 2 is 2.04 bits per heavy atom. The van der Waals surface area contributed by atoms with Crippen molar-refractivity contribution < 1.29 is 13.7 Å². The van der Waals surface area contributed by atoms with Gasteiger partial charge in [0.05, 0.1) is 12.3 Å². The summed E-state index contributed by atoms with van der Waals surface area (Å²) in [6.45, 7) is 1.10. The Hall–Kier alpha value is -3.09. The van der Waals surface area contributed by atoms with E-state index in [1.165, 1.54) is 12.1 Å². The number of hydrogen-bond donors (Lipinski definition) is 0. The second-order valence-electron chi connectivity index (χ2n) is 6.00. The van der Waals surface area contributed by atoms with Crippen LogP contribution in [-0.2, 0) is 11.2 Å². The molecule has 6 nitrogen and oxygen atoms in total. The Balaban J connectivity index is 1.35. The molecular weight excluding hydrogens is 323 g/mol.